The Hall–Kier alpha value is -1.79. The second-order valence-electron chi connectivity index (χ2n) is 6.20. The predicted molar refractivity (Wildman–Crippen MR) is 107 cm³/mol. The van der Waals surface area contributed by atoms with Crippen molar-refractivity contribution in [1.82, 2.24) is 0 Å². The van der Waals surface area contributed by atoms with Crippen LogP contribution in [0.4, 0.5) is 5.00 Å². The molecule has 138 valence electrons. The SMILES string of the molecule is CCOC(=O)c1c(NC(=O)[C@H](C)Sc2ccccc2)sc2c1CCCC2. The molecule has 0 fully saturated rings. The van der Waals surface area contributed by atoms with Crippen molar-refractivity contribution in [2.24, 2.45) is 0 Å². The zero-order chi connectivity index (χ0) is 18.5. The summed E-state index contributed by atoms with van der Waals surface area (Å²) < 4.78 is 5.24. The molecular formula is C20H23NO3S2. The van der Waals surface area contributed by atoms with Crippen molar-refractivity contribution < 1.29 is 14.3 Å². The molecule has 0 saturated carbocycles. The summed E-state index contributed by atoms with van der Waals surface area (Å²) in [5.41, 5.74) is 1.63. The van der Waals surface area contributed by atoms with Gasteiger partial charge in [0.1, 0.15) is 5.00 Å². The van der Waals surface area contributed by atoms with E-state index in [1.807, 2.05) is 37.3 Å². The van der Waals surface area contributed by atoms with Gasteiger partial charge < -0.3 is 10.1 Å². The van der Waals surface area contributed by atoms with E-state index in [9.17, 15) is 9.59 Å². The number of anilines is 1. The first-order valence-electron chi connectivity index (χ1n) is 8.94. The minimum atomic E-state index is -0.328. The number of ether oxygens (including phenoxy) is 1. The van der Waals surface area contributed by atoms with Crippen LogP contribution < -0.4 is 5.32 Å². The van der Waals surface area contributed by atoms with Gasteiger partial charge in [-0.15, -0.1) is 23.1 Å². The Bertz CT molecular complexity index is 786. The van der Waals surface area contributed by atoms with Crippen LogP contribution in [0.5, 0.6) is 0 Å². The third kappa shape index (κ3) is 4.30. The second kappa shape index (κ2) is 8.73. The van der Waals surface area contributed by atoms with Crippen molar-refractivity contribution >= 4 is 40.0 Å². The fourth-order valence-corrected chi connectivity index (χ4v) is 5.21. The maximum atomic E-state index is 12.7. The van der Waals surface area contributed by atoms with Gasteiger partial charge in [-0.2, -0.15) is 0 Å². The zero-order valence-electron chi connectivity index (χ0n) is 15.0. The number of esters is 1. The molecule has 1 amide bonds. The molecule has 0 saturated heterocycles. The summed E-state index contributed by atoms with van der Waals surface area (Å²) in [5, 5.41) is 3.37. The number of hydrogen-bond acceptors (Lipinski definition) is 5. The smallest absolute Gasteiger partial charge is 0.341 e. The van der Waals surface area contributed by atoms with Gasteiger partial charge in [-0.05, 0) is 57.2 Å². The van der Waals surface area contributed by atoms with Gasteiger partial charge in [-0.3, -0.25) is 4.79 Å². The van der Waals surface area contributed by atoms with E-state index in [4.69, 9.17) is 4.74 Å². The number of fused-ring (bicyclic) bond motifs is 1. The van der Waals surface area contributed by atoms with Gasteiger partial charge >= 0.3 is 5.97 Å². The Balaban J connectivity index is 1.79. The Morgan fingerprint density at radius 1 is 1.23 bits per heavy atom. The molecule has 0 bridgehead atoms. The predicted octanol–water partition coefficient (Wildman–Crippen LogP) is 4.92. The monoisotopic (exact) mass is 389 g/mol. The van der Waals surface area contributed by atoms with E-state index in [-0.39, 0.29) is 17.1 Å². The molecule has 0 radical (unpaired) electrons. The molecule has 1 heterocycles. The van der Waals surface area contributed by atoms with Crippen molar-refractivity contribution in [3.05, 3.63) is 46.3 Å². The van der Waals surface area contributed by atoms with Crippen LogP contribution in [0.3, 0.4) is 0 Å². The minimum Gasteiger partial charge on any atom is -0.462 e. The van der Waals surface area contributed by atoms with Crippen LogP contribution in [-0.2, 0) is 22.4 Å². The molecule has 1 aliphatic rings. The van der Waals surface area contributed by atoms with Crippen molar-refractivity contribution in [1.29, 1.82) is 0 Å². The maximum absolute atomic E-state index is 12.7. The first-order chi connectivity index (χ1) is 12.6. The lowest BCUT2D eigenvalue weighted by atomic mass is 9.95. The molecule has 6 heteroatoms. The second-order valence-corrected chi connectivity index (χ2v) is 8.72. The number of aryl methyl sites for hydroxylation is 1. The normalized spacial score (nSPS) is 14.4. The molecule has 26 heavy (non-hydrogen) atoms. The molecule has 0 unspecified atom stereocenters. The molecule has 1 N–H and O–H groups in total. The van der Waals surface area contributed by atoms with Gasteiger partial charge in [0.15, 0.2) is 0 Å². The van der Waals surface area contributed by atoms with Crippen LogP contribution in [0.15, 0.2) is 35.2 Å². The summed E-state index contributed by atoms with van der Waals surface area (Å²) in [7, 11) is 0. The van der Waals surface area contributed by atoms with Crippen molar-refractivity contribution in [2.45, 2.75) is 49.7 Å². The Morgan fingerprint density at radius 2 is 1.96 bits per heavy atom. The van der Waals surface area contributed by atoms with Gasteiger partial charge in [0.25, 0.3) is 0 Å². The van der Waals surface area contributed by atoms with Gasteiger partial charge in [0, 0.05) is 9.77 Å². The number of rotatable bonds is 6. The summed E-state index contributed by atoms with van der Waals surface area (Å²) in [5.74, 6) is -0.423. The number of thiophene rings is 1. The average Bonchev–Trinajstić information content (AvgIpc) is 3.00. The quantitative estimate of drug-likeness (QED) is 0.563. The molecular weight excluding hydrogens is 366 g/mol. The number of benzene rings is 1. The molecule has 1 aromatic carbocycles. The molecule has 4 nitrogen and oxygen atoms in total. The standard InChI is InChI=1S/C20H23NO3S2/c1-3-24-20(23)17-15-11-7-8-12-16(15)26-19(17)21-18(22)13(2)25-14-9-5-4-6-10-14/h4-6,9-10,13H,3,7-8,11-12H2,1-2H3,(H,21,22)/t13-/m0/s1. The number of thioether (sulfide) groups is 1. The molecule has 3 rings (SSSR count). The third-order valence-corrected chi connectivity index (χ3v) is 6.63. The van der Waals surface area contributed by atoms with Gasteiger partial charge in [0.05, 0.1) is 17.4 Å². The van der Waals surface area contributed by atoms with E-state index in [1.165, 1.54) is 28.0 Å². The lowest BCUT2D eigenvalue weighted by Crippen LogP contribution is -2.23. The van der Waals surface area contributed by atoms with Gasteiger partial charge in [0.2, 0.25) is 5.91 Å². The van der Waals surface area contributed by atoms with E-state index in [0.717, 1.165) is 36.1 Å². The van der Waals surface area contributed by atoms with E-state index >= 15 is 0 Å². The molecule has 1 atom stereocenters. The highest BCUT2D eigenvalue weighted by Crippen LogP contribution is 2.39. The first-order valence-corrected chi connectivity index (χ1v) is 10.6. The van der Waals surface area contributed by atoms with Crippen molar-refractivity contribution in [3.8, 4) is 0 Å². The lowest BCUT2D eigenvalue weighted by Gasteiger charge is -2.13. The summed E-state index contributed by atoms with van der Waals surface area (Å²) in [6.07, 6.45) is 4.05. The molecule has 2 aromatic rings. The number of hydrogen-bond donors (Lipinski definition) is 1. The molecule has 1 aliphatic carbocycles. The van der Waals surface area contributed by atoms with Crippen LogP contribution in [0.2, 0.25) is 0 Å². The van der Waals surface area contributed by atoms with E-state index in [0.29, 0.717) is 17.2 Å². The van der Waals surface area contributed by atoms with Gasteiger partial charge in [-0.25, -0.2) is 4.79 Å². The Labute approximate surface area is 162 Å². The van der Waals surface area contributed by atoms with Crippen molar-refractivity contribution in [2.75, 3.05) is 11.9 Å². The fourth-order valence-electron chi connectivity index (χ4n) is 3.04. The summed E-state index contributed by atoms with van der Waals surface area (Å²) in [6.45, 7) is 4.01. The van der Waals surface area contributed by atoms with Gasteiger partial charge in [-0.1, -0.05) is 18.2 Å². The molecule has 1 aromatic heterocycles. The summed E-state index contributed by atoms with van der Waals surface area (Å²) in [6, 6.07) is 9.85. The summed E-state index contributed by atoms with van der Waals surface area (Å²) >= 11 is 3.03. The van der Waals surface area contributed by atoms with E-state index in [2.05, 4.69) is 5.32 Å². The zero-order valence-corrected chi connectivity index (χ0v) is 16.7. The number of carbonyl (C=O) groups excluding carboxylic acids is 2. The largest absolute Gasteiger partial charge is 0.462 e. The fraction of sp³-hybridized carbons (Fsp3) is 0.400. The Kier molecular flexibility index (Phi) is 6.38. The average molecular weight is 390 g/mol. The highest BCUT2D eigenvalue weighted by atomic mass is 32.2. The van der Waals surface area contributed by atoms with Crippen LogP contribution in [0.25, 0.3) is 0 Å². The molecule has 0 aliphatic heterocycles. The molecule has 0 spiro atoms. The highest BCUT2D eigenvalue weighted by molar-refractivity contribution is 8.00. The maximum Gasteiger partial charge on any atom is 0.341 e. The van der Waals surface area contributed by atoms with Crippen LogP contribution >= 0.6 is 23.1 Å². The number of nitrogens with one attached hydrogen (secondary N) is 1. The Morgan fingerprint density at radius 3 is 2.69 bits per heavy atom. The topological polar surface area (TPSA) is 55.4 Å². The lowest BCUT2D eigenvalue weighted by molar-refractivity contribution is -0.115. The van der Waals surface area contributed by atoms with E-state index < -0.39 is 0 Å². The van der Waals surface area contributed by atoms with Crippen molar-refractivity contribution in [3.63, 3.8) is 0 Å². The van der Waals surface area contributed by atoms with Crippen LogP contribution in [0, 0.1) is 0 Å². The third-order valence-electron chi connectivity index (χ3n) is 4.31. The number of carbonyl (C=O) groups is 2. The minimum absolute atomic E-state index is 0.0944. The first kappa shape index (κ1) is 19.0. The summed E-state index contributed by atoms with van der Waals surface area (Å²) in [4.78, 5) is 27.4. The highest BCUT2D eigenvalue weighted by Gasteiger charge is 2.28. The van der Waals surface area contributed by atoms with Crippen LogP contribution in [0.1, 0.15) is 47.5 Å². The van der Waals surface area contributed by atoms with E-state index in [1.54, 1.807) is 6.92 Å². The van der Waals surface area contributed by atoms with Crippen LogP contribution in [-0.4, -0.2) is 23.7 Å². The number of amides is 1.